The maximum atomic E-state index is 13.6. The van der Waals surface area contributed by atoms with Gasteiger partial charge in [-0.15, -0.1) is 0 Å². The summed E-state index contributed by atoms with van der Waals surface area (Å²) in [5, 5.41) is 8.87. The van der Waals surface area contributed by atoms with Crippen molar-refractivity contribution in [2.24, 2.45) is 5.92 Å². The van der Waals surface area contributed by atoms with Crippen LogP contribution in [0.3, 0.4) is 0 Å². The zero-order chi connectivity index (χ0) is 14.6. The van der Waals surface area contributed by atoms with Crippen molar-refractivity contribution >= 4 is 11.9 Å². The van der Waals surface area contributed by atoms with Crippen molar-refractivity contribution in [2.45, 2.75) is 20.8 Å². The Bertz CT molecular complexity index is 488. The molecular weight excluding hydrogens is 249 g/mol. The summed E-state index contributed by atoms with van der Waals surface area (Å²) >= 11 is 0. The lowest BCUT2D eigenvalue weighted by Gasteiger charge is -2.23. The minimum atomic E-state index is -0.976. The van der Waals surface area contributed by atoms with E-state index in [1.165, 1.54) is 24.0 Å². The van der Waals surface area contributed by atoms with Crippen molar-refractivity contribution in [1.29, 1.82) is 0 Å². The molecular formula is C14H18FNO3. The van der Waals surface area contributed by atoms with E-state index >= 15 is 0 Å². The van der Waals surface area contributed by atoms with Gasteiger partial charge in [0.15, 0.2) is 0 Å². The smallest absolute Gasteiger partial charge is 0.308 e. The molecule has 1 atom stereocenters. The zero-order valence-corrected chi connectivity index (χ0v) is 11.3. The molecule has 104 valence electrons. The number of amides is 1. The summed E-state index contributed by atoms with van der Waals surface area (Å²) in [5.41, 5.74) is 0.770. The van der Waals surface area contributed by atoms with Crippen LogP contribution in [0.25, 0.3) is 0 Å². The lowest BCUT2D eigenvalue weighted by atomic mass is 10.1. The Morgan fingerprint density at radius 3 is 2.58 bits per heavy atom. The van der Waals surface area contributed by atoms with Gasteiger partial charge in [-0.05, 0) is 26.0 Å². The predicted octanol–water partition coefficient (Wildman–Crippen LogP) is 2.32. The standard InChI is InChI=1S/C14H18FNO3/c1-4-16(8-10(3)14(18)19)13(17)11-7-9(2)5-6-12(11)15/h5-7,10H,4,8H2,1-3H3,(H,18,19). The number of hydrogen-bond acceptors (Lipinski definition) is 2. The van der Waals surface area contributed by atoms with Gasteiger partial charge in [-0.2, -0.15) is 0 Å². The number of carbonyl (C=O) groups excluding carboxylic acids is 1. The second-order valence-corrected chi connectivity index (χ2v) is 4.57. The highest BCUT2D eigenvalue weighted by Crippen LogP contribution is 2.14. The highest BCUT2D eigenvalue weighted by atomic mass is 19.1. The molecule has 1 aromatic rings. The van der Waals surface area contributed by atoms with Gasteiger partial charge in [-0.3, -0.25) is 9.59 Å². The summed E-state index contributed by atoms with van der Waals surface area (Å²) in [4.78, 5) is 24.4. The molecule has 0 bridgehead atoms. The van der Waals surface area contributed by atoms with Gasteiger partial charge in [0.1, 0.15) is 5.82 Å². The van der Waals surface area contributed by atoms with E-state index in [-0.39, 0.29) is 12.1 Å². The summed E-state index contributed by atoms with van der Waals surface area (Å²) in [5.74, 6) is -2.72. The average Bonchev–Trinajstić information content (AvgIpc) is 2.37. The van der Waals surface area contributed by atoms with Crippen LogP contribution in [0.5, 0.6) is 0 Å². The third-order valence-corrected chi connectivity index (χ3v) is 2.94. The Morgan fingerprint density at radius 1 is 1.42 bits per heavy atom. The lowest BCUT2D eigenvalue weighted by Crippen LogP contribution is -2.37. The van der Waals surface area contributed by atoms with Crippen molar-refractivity contribution in [3.63, 3.8) is 0 Å². The number of nitrogens with zero attached hydrogens (tertiary/aromatic N) is 1. The molecule has 1 aromatic carbocycles. The van der Waals surface area contributed by atoms with E-state index in [4.69, 9.17) is 5.11 Å². The molecule has 1 amide bonds. The Balaban J connectivity index is 2.95. The minimum absolute atomic E-state index is 0.0144. The third kappa shape index (κ3) is 3.77. The normalized spacial score (nSPS) is 12.0. The van der Waals surface area contributed by atoms with E-state index in [9.17, 15) is 14.0 Å². The maximum Gasteiger partial charge on any atom is 0.308 e. The molecule has 1 unspecified atom stereocenters. The van der Waals surface area contributed by atoms with Gasteiger partial charge < -0.3 is 10.0 Å². The number of halogens is 1. The lowest BCUT2D eigenvalue weighted by molar-refractivity contribution is -0.141. The Labute approximate surface area is 111 Å². The van der Waals surface area contributed by atoms with Gasteiger partial charge in [-0.25, -0.2) is 4.39 Å². The van der Waals surface area contributed by atoms with Crippen LogP contribution >= 0.6 is 0 Å². The number of hydrogen-bond donors (Lipinski definition) is 1. The molecule has 1 N–H and O–H groups in total. The summed E-state index contributed by atoms with van der Waals surface area (Å²) < 4.78 is 13.6. The van der Waals surface area contributed by atoms with Gasteiger partial charge >= 0.3 is 5.97 Å². The Morgan fingerprint density at radius 2 is 2.05 bits per heavy atom. The first kappa shape index (κ1) is 15.1. The fraction of sp³-hybridized carbons (Fsp3) is 0.429. The van der Waals surface area contributed by atoms with Crippen LogP contribution in [0.4, 0.5) is 4.39 Å². The molecule has 0 aliphatic heterocycles. The summed E-state index contributed by atoms with van der Waals surface area (Å²) in [6.45, 7) is 5.43. The van der Waals surface area contributed by atoms with Crippen molar-refractivity contribution < 1.29 is 19.1 Å². The SMILES string of the molecule is CCN(CC(C)C(=O)O)C(=O)c1cc(C)ccc1F. The van der Waals surface area contributed by atoms with Crippen molar-refractivity contribution in [3.05, 3.63) is 35.1 Å². The molecule has 1 rings (SSSR count). The molecule has 0 aliphatic rings. The van der Waals surface area contributed by atoms with Gasteiger partial charge in [0.25, 0.3) is 5.91 Å². The molecule has 4 nitrogen and oxygen atoms in total. The van der Waals surface area contributed by atoms with Crippen LogP contribution in [0.1, 0.15) is 29.8 Å². The molecule has 5 heteroatoms. The third-order valence-electron chi connectivity index (χ3n) is 2.94. The number of aliphatic carboxylic acids is 1. The highest BCUT2D eigenvalue weighted by Gasteiger charge is 2.22. The second-order valence-electron chi connectivity index (χ2n) is 4.57. The number of carbonyl (C=O) groups is 2. The van der Waals surface area contributed by atoms with Crippen LogP contribution in [0.2, 0.25) is 0 Å². The molecule has 0 saturated heterocycles. The summed E-state index contributed by atoms with van der Waals surface area (Å²) in [6, 6.07) is 4.31. The van der Waals surface area contributed by atoms with Crippen LogP contribution in [0, 0.1) is 18.7 Å². The molecule has 0 aromatic heterocycles. The van der Waals surface area contributed by atoms with Gasteiger partial charge in [0.2, 0.25) is 0 Å². The zero-order valence-electron chi connectivity index (χ0n) is 11.3. The molecule has 19 heavy (non-hydrogen) atoms. The van der Waals surface area contributed by atoms with Crippen LogP contribution in [-0.4, -0.2) is 35.0 Å². The van der Waals surface area contributed by atoms with Gasteiger partial charge in [0.05, 0.1) is 11.5 Å². The van der Waals surface area contributed by atoms with Gasteiger partial charge in [0, 0.05) is 13.1 Å². The molecule has 0 saturated carbocycles. The number of carboxylic acids is 1. The second kappa shape index (κ2) is 6.31. The maximum absolute atomic E-state index is 13.6. The first-order chi connectivity index (χ1) is 8.86. The predicted molar refractivity (Wildman–Crippen MR) is 69.5 cm³/mol. The molecule has 0 aliphatic carbocycles. The van der Waals surface area contributed by atoms with Crippen molar-refractivity contribution in [3.8, 4) is 0 Å². The van der Waals surface area contributed by atoms with E-state index in [1.54, 1.807) is 19.9 Å². The fourth-order valence-corrected chi connectivity index (χ4v) is 1.74. The number of benzene rings is 1. The van der Waals surface area contributed by atoms with Crippen LogP contribution in [0.15, 0.2) is 18.2 Å². The average molecular weight is 267 g/mol. The highest BCUT2D eigenvalue weighted by molar-refractivity contribution is 5.94. The fourth-order valence-electron chi connectivity index (χ4n) is 1.74. The van der Waals surface area contributed by atoms with Crippen molar-refractivity contribution in [2.75, 3.05) is 13.1 Å². The topological polar surface area (TPSA) is 57.6 Å². The van der Waals surface area contributed by atoms with E-state index in [0.29, 0.717) is 6.54 Å². The summed E-state index contributed by atoms with van der Waals surface area (Å²) in [7, 11) is 0. The number of aryl methyl sites for hydroxylation is 1. The quantitative estimate of drug-likeness (QED) is 0.890. The largest absolute Gasteiger partial charge is 0.481 e. The first-order valence-corrected chi connectivity index (χ1v) is 6.15. The van der Waals surface area contributed by atoms with Crippen LogP contribution in [-0.2, 0) is 4.79 Å². The van der Waals surface area contributed by atoms with Crippen molar-refractivity contribution in [1.82, 2.24) is 4.90 Å². The van der Waals surface area contributed by atoms with Crippen LogP contribution < -0.4 is 0 Å². The minimum Gasteiger partial charge on any atom is -0.481 e. The van der Waals surface area contributed by atoms with E-state index in [0.717, 1.165) is 5.56 Å². The molecule has 0 heterocycles. The first-order valence-electron chi connectivity index (χ1n) is 6.15. The molecule has 0 radical (unpaired) electrons. The van der Waals surface area contributed by atoms with E-state index in [2.05, 4.69) is 0 Å². The Kier molecular flexibility index (Phi) is 5.03. The van der Waals surface area contributed by atoms with Gasteiger partial charge in [-0.1, -0.05) is 18.6 Å². The monoisotopic (exact) mass is 267 g/mol. The molecule has 0 spiro atoms. The number of rotatable bonds is 5. The molecule has 0 fully saturated rings. The number of carboxylic acid groups (broad SMARTS) is 1. The Hall–Kier alpha value is -1.91. The summed E-state index contributed by atoms with van der Waals surface area (Å²) in [6.07, 6.45) is 0. The van der Waals surface area contributed by atoms with E-state index in [1.807, 2.05) is 0 Å². The van der Waals surface area contributed by atoms with E-state index < -0.39 is 23.6 Å².